The second-order valence-electron chi connectivity index (χ2n) is 5.37. The molecule has 0 atom stereocenters. The summed E-state index contributed by atoms with van der Waals surface area (Å²) in [4.78, 5) is 24.4. The van der Waals surface area contributed by atoms with E-state index in [1.165, 1.54) is 12.8 Å². The van der Waals surface area contributed by atoms with Crippen LogP contribution in [0.25, 0.3) is 0 Å². The van der Waals surface area contributed by atoms with Crippen molar-refractivity contribution in [1.82, 2.24) is 5.32 Å². The van der Waals surface area contributed by atoms with Crippen LogP contribution in [0.3, 0.4) is 0 Å². The van der Waals surface area contributed by atoms with E-state index in [2.05, 4.69) is 10.6 Å². The summed E-state index contributed by atoms with van der Waals surface area (Å²) in [6.07, 6.45) is 4.37. The molecule has 106 valence electrons. The van der Waals surface area contributed by atoms with Gasteiger partial charge >= 0.3 is 0 Å². The van der Waals surface area contributed by atoms with Gasteiger partial charge in [-0.25, -0.2) is 0 Å². The predicted molar refractivity (Wildman–Crippen MR) is 79.6 cm³/mol. The molecule has 2 aliphatic rings. The molecule has 1 heterocycles. The van der Waals surface area contributed by atoms with E-state index in [0.717, 1.165) is 29.0 Å². The van der Waals surface area contributed by atoms with E-state index in [1.54, 1.807) is 11.8 Å². The first-order chi connectivity index (χ1) is 9.72. The molecule has 1 saturated carbocycles. The molecule has 1 aliphatic carbocycles. The minimum Gasteiger partial charge on any atom is -0.352 e. The van der Waals surface area contributed by atoms with Gasteiger partial charge in [-0.3, -0.25) is 9.59 Å². The van der Waals surface area contributed by atoms with E-state index in [4.69, 9.17) is 0 Å². The lowest BCUT2D eigenvalue weighted by Crippen LogP contribution is -2.28. The maximum absolute atomic E-state index is 12.0. The standard InChI is InChI=1S/C15H18N2O2S/c18-14-9-20-13-6-5-10(7-12(13)17-14)8-16-15(19)11-3-1-2-4-11/h5-7,11H,1-4,8-9H2,(H,16,19)(H,17,18). The fraction of sp³-hybridized carbons (Fsp3) is 0.467. The molecule has 5 heteroatoms. The molecule has 2 amide bonds. The van der Waals surface area contributed by atoms with Gasteiger partial charge in [-0.2, -0.15) is 0 Å². The number of carbonyl (C=O) groups is 2. The molecular weight excluding hydrogens is 272 g/mol. The molecular formula is C15H18N2O2S. The Balaban J connectivity index is 1.61. The number of nitrogens with one attached hydrogen (secondary N) is 2. The molecule has 0 bridgehead atoms. The van der Waals surface area contributed by atoms with E-state index in [1.807, 2.05) is 18.2 Å². The minimum atomic E-state index is 0.0367. The van der Waals surface area contributed by atoms with E-state index in [0.29, 0.717) is 12.3 Å². The van der Waals surface area contributed by atoms with Gasteiger partial charge in [-0.15, -0.1) is 11.8 Å². The van der Waals surface area contributed by atoms with Gasteiger partial charge in [0.05, 0.1) is 11.4 Å². The maximum atomic E-state index is 12.0. The highest BCUT2D eigenvalue weighted by Gasteiger charge is 2.22. The lowest BCUT2D eigenvalue weighted by molar-refractivity contribution is -0.125. The van der Waals surface area contributed by atoms with Crippen LogP contribution in [0.5, 0.6) is 0 Å². The van der Waals surface area contributed by atoms with Crippen molar-refractivity contribution in [2.24, 2.45) is 5.92 Å². The van der Waals surface area contributed by atoms with Crippen molar-refractivity contribution in [3.05, 3.63) is 23.8 Å². The highest BCUT2D eigenvalue weighted by atomic mass is 32.2. The van der Waals surface area contributed by atoms with Gasteiger partial charge in [0.2, 0.25) is 11.8 Å². The third-order valence-electron chi connectivity index (χ3n) is 3.87. The molecule has 4 nitrogen and oxygen atoms in total. The summed E-state index contributed by atoms with van der Waals surface area (Å²) in [5.74, 6) is 0.876. The third kappa shape index (κ3) is 2.98. The van der Waals surface area contributed by atoms with Gasteiger partial charge in [-0.05, 0) is 30.5 Å². The topological polar surface area (TPSA) is 58.2 Å². The summed E-state index contributed by atoms with van der Waals surface area (Å²) in [7, 11) is 0. The first kappa shape index (κ1) is 13.5. The number of anilines is 1. The lowest BCUT2D eigenvalue weighted by Gasteiger charge is -2.17. The summed E-state index contributed by atoms with van der Waals surface area (Å²) in [5, 5.41) is 5.87. The van der Waals surface area contributed by atoms with Gasteiger partial charge in [0.1, 0.15) is 0 Å². The molecule has 1 fully saturated rings. The molecule has 0 saturated heterocycles. The van der Waals surface area contributed by atoms with Crippen molar-refractivity contribution in [2.75, 3.05) is 11.1 Å². The Bertz CT molecular complexity index is 539. The first-order valence-electron chi connectivity index (χ1n) is 7.05. The van der Waals surface area contributed by atoms with E-state index in [-0.39, 0.29) is 17.7 Å². The summed E-state index contributed by atoms with van der Waals surface area (Å²) in [5.41, 5.74) is 1.89. The lowest BCUT2D eigenvalue weighted by atomic mass is 10.1. The third-order valence-corrected chi connectivity index (χ3v) is 4.94. The molecule has 20 heavy (non-hydrogen) atoms. The zero-order valence-electron chi connectivity index (χ0n) is 11.3. The molecule has 1 aliphatic heterocycles. The Labute approximate surface area is 122 Å². The van der Waals surface area contributed by atoms with Crippen molar-refractivity contribution >= 4 is 29.3 Å². The van der Waals surface area contributed by atoms with Crippen LogP contribution in [0.1, 0.15) is 31.2 Å². The summed E-state index contributed by atoms with van der Waals surface area (Å²) < 4.78 is 0. The van der Waals surface area contributed by atoms with Crippen molar-refractivity contribution in [3.8, 4) is 0 Å². The highest BCUT2D eigenvalue weighted by Crippen LogP contribution is 2.32. The predicted octanol–water partition coefficient (Wildman–Crippen LogP) is 2.54. The zero-order chi connectivity index (χ0) is 13.9. The van der Waals surface area contributed by atoms with E-state index in [9.17, 15) is 9.59 Å². The Kier molecular flexibility index (Phi) is 3.96. The smallest absolute Gasteiger partial charge is 0.234 e. The molecule has 0 spiro atoms. The van der Waals surface area contributed by atoms with Crippen LogP contribution in [0.15, 0.2) is 23.1 Å². The Morgan fingerprint density at radius 2 is 2.15 bits per heavy atom. The van der Waals surface area contributed by atoms with Crippen LogP contribution < -0.4 is 10.6 Å². The number of rotatable bonds is 3. The van der Waals surface area contributed by atoms with Crippen LogP contribution in [-0.4, -0.2) is 17.6 Å². The van der Waals surface area contributed by atoms with Gasteiger partial charge in [0.25, 0.3) is 0 Å². The van der Waals surface area contributed by atoms with Crippen molar-refractivity contribution in [1.29, 1.82) is 0 Å². The SMILES string of the molecule is O=C1CSc2ccc(CNC(=O)C3CCCC3)cc2N1. The number of hydrogen-bond acceptors (Lipinski definition) is 3. The normalized spacial score (nSPS) is 18.5. The highest BCUT2D eigenvalue weighted by molar-refractivity contribution is 8.00. The van der Waals surface area contributed by atoms with Crippen LogP contribution in [0.4, 0.5) is 5.69 Å². The summed E-state index contributed by atoms with van der Waals surface area (Å²) in [6, 6.07) is 5.98. The fourth-order valence-corrected chi connectivity index (χ4v) is 3.55. The zero-order valence-corrected chi connectivity index (χ0v) is 12.1. The second-order valence-corrected chi connectivity index (χ2v) is 6.38. The number of fused-ring (bicyclic) bond motifs is 1. The molecule has 1 aromatic carbocycles. The first-order valence-corrected chi connectivity index (χ1v) is 8.04. The average Bonchev–Trinajstić information content (AvgIpc) is 2.98. The Hall–Kier alpha value is -1.49. The van der Waals surface area contributed by atoms with Crippen molar-refractivity contribution in [2.45, 2.75) is 37.1 Å². The van der Waals surface area contributed by atoms with Crippen LogP contribution in [0.2, 0.25) is 0 Å². The van der Waals surface area contributed by atoms with Crippen LogP contribution in [0, 0.1) is 5.92 Å². The van der Waals surface area contributed by atoms with Crippen molar-refractivity contribution < 1.29 is 9.59 Å². The molecule has 0 aromatic heterocycles. The number of amides is 2. The monoisotopic (exact) mass is 290 g/mol. The molecule has 3 rings (SSSR count). The largest absolute Gasteiger partial charge is 0.352 e. The number of thioether (sulfide) groups is 1. The van der Waals surface area contributed by atoms with Crippen molar-refractivity contribution in [3.63, 3.8) is 0 Å². The second kappa shape index (κ2) is 5.87. The van der Waals surface area contributed by atoms with E-state index >= 15 is 0 Å². The van der Waals surface area contributed by atoms with Gasteiger partial charge < -0.3 is 10.6 Å². The van der Waals surface area contributed by atoms with Gasteiger partial charge in [0, 0.05) is 17.4 Å². The Morgan fingerprint density at radius 3 is 2.95 bits per heavy atom. The number of carbonyl (C=O) groups excluding carboxylic acids is 2. The summed E-state index contributed by atoms with van der Waals surface area (Å²) in [6.45, 7) is 0.531. The van der Waals surface area contributed by atoms with Crippen LogP contribution in [-0.2, 0) is 16.1 Å². The molecule has 1 aromatic rings. The number of benzene rings is 1. The minimum absolute atomic E-state index is 0.0367. The average molecular weight is 290 g/mol. The number of hydrogen-bond donors (Lipinski definition) is 2. The molecule has 0 radical (unpaired) electrons. The fourth-order valence-electron chi connectivity index (χ4n) is 2.76. The summed E-state index contributed by atoms with van der Waals surface area (Å²) >= 11 is 1.55. The van der Waals surface area contributed by atoms with E-state index < -0.39 is 0 Å². The Morgan fingerprint density at radius 1 is 1.35 bits per heavy atom. The molecule has 0 unspecified atom stereocenters. The van der Waals surface area contributed by atoms with Gasteiger partial charge in [-0.1, -0.05) is 18.9 Å². The molecule has 2 N–H and O–H groups in total. The van der Waals surface area contributed by atoms with Gasteiger partial charge in [0.15, 0.2) is 0 Å². The maximum Gasteiger partial charge on any atom is 0.234 e. The van der Waals surface area contributed by atoms with Crippen LogP contribution >= 0.6 is 11.8 Å². The quantitative estimate of drug-likeness (QED) is 0.899.